The Bertz CT molecular complexity index is 622. The number of nitrogens with zero attached hydrogens (tertiary/aromatic N) is 1. The van der Waals surface area contributed by atoms with Gasteiger partial charge in [-0.3, -0.25) is 0 Å². The molecule has 0 atom stereocenters. The van der Waals surface area contributed by atoms with Crippen molar-refractivity contribution in [2.75, 3.05) is 25.0 Å². The van der Waals surface area contributed by atoms with Crippen LogP contribution in [0.25, 0.3) is 0 Å². The van der Waals surface area contributed by atoms with Crippen molar-refractivity contribution in [1.29, 1.82) is 0 Å². The molecule has 1 amide bonds. The van der Waals surface area contributed by atoms with Gasteiger partial charge in [0.15, 0.2) is 0 Å². The fourth-order valence-corrected chi connectivity index (χ4v) is 3.63. The van der Waals surface area contributed by atoms with Gasteiger partial charge in [0, 0.05) is 25.3 Å². The third kappa shape index (κ3) is 3.49. The number of benzene rings is 1. The van der Waals surface area contributed by atoms with Crippen molar-refractivity contribution in [3.63, 3.8) is 0 Å². The Morgan fingerprint density at radius 3 is 2.70 bits per heavy atom. The maximum Gasteiger partial charge on any atom is 0.410 e. The Hall–Kier alpha value is -1.65. The molecular formula is C18H27BN2O2. The summed E-state index contributed by atoms with van der Waals surface area (Å²) in [5.41, 5.74) is 6.55. The minimum Gasteiger partial charge on any atom is -0.444 e. The summed E-state index contributed by atoms with van der Waals surface area (Å²) >= 11 is 0. The second kappa shape index (κ2) is 6.10. The van der Waals surface area contributed by atoms with Crippen LogP contribution in [0, 0.1) is 0 Å². The van der Waals surface area contributed by atoms with Gasteiger partial charge in [-0.1, -0.05) is 11.5 Å². The van der Waals surface area contributed by atoms with Crippen molar-refractivity contribution in [3.8, 4) is 0 Å². The molecule has 5 heteroatoms. The normalized spacial score (nSPS) is 17.6. The number of hydrogen-bond donors (Lipinski definition) is 1. The Labute approximate surface area is 140 Å². The molecule has 0 bridgehead atoms. The van der Waals surface area contributed by atoms with Crippen LogP contribution in [-0.2, 0) is 24.0 Å². The molecule has 0 aliphatic carbocycles. The maximum atomic E-state index is 12.4. The lowest BCUT2D eigenvalue weighted by atomic mass is 9.80. The third-order valence-corrected chi connectivity index (χ3v) is 4.74. The molecule has 0 fully saturated rings. The topological polar surface area (TPSA) is 41.6 Å². The van der Waals surface area contributed by atoms with Crippen LogP contribution in [0.15, 0.2) is 6.07 Å². The lowest BCUT2D eigenvalue weighted by molar-refractivity contribution is 0.0258. The molecule has 124 valence electrons. The van der Waals surface area contributed by atoms with Gasteiger partial charge in [-0.25, -0.2) is 4.79 Å². The Kier molecular flexibility index (Phi) is 4.30. The van der Waals surface area contributed by atoms with Crippen LogP contribution in [0.3, 0.4) is 0 Å². The fourth-order valence-electron chi connectivity index (χ4n) is 3.63. The van der Waals surface area contributed by atoms with Gasteiger partial charge in [-0.15, -0.1) is 0 Å². The van der Waals surface area contributed by atoms with Crippen LogP contribution in [0.1, 0.15) is 43.9 Å². The summed E-state index contributed by atoms with van der Waals surface area (Å²) in [5.74, 6) is 0. The molecule has 1 N–H and O–H groups in total. The maximum absolute atomic E-state index is 12.4. The van der Waals surface area contributed by atoms with Crippen LogP contribution < -0.4 is 10.8 Å². The number of hydrogen-bond acceptors (Lipinski definition) is 3. The van der Waals surface area contributed by atoms with E-state index in [1.165, 1.54) is 34.3 Å². The van der Waals surface area contributed by atoms with Crippen LogP contribution >= 0.6 is 0 Å². The first-order valence-electron chi connectivity index (χ1n) is 8.71. The molecule has 3 rings (SSSR count). The molecule has 1 aromatic carbocycles. The molecule has 0 radical (unpaired) electrons. The van der Waals surface area contributed by atoms with Crippen molar-refractivity contribution in [2.24, 2.45) is 0 Å². The summed E-state index contributed by atoms with van der Waals surface area (Å²) in [6, 6.07) is 2.36. The molecule has 1 aromatic rings. The first-order chi connectivity index (χ1) is 10.8. The highest BCUT2D eigenvalue weighted by Gasteiger charge is 2.26. The number of nitrogens with one attached hydrogen (secondary N) is 1. The fraction of sp³-hybridized carbons (Fsp3) is 0.611. The smallest absolute Gasteiger partial charge is 0.410 e. The number of aryl methyl sites for hydroxylation is 1. The molecule has 0 saturated heterocycles. The highest BCUT2D eigenvalue weighted by Crippen LogP contribution is 2.26. The second-order valence-electron chi connectivity index (χ2n) is 7.67. The molecule has 2 aliphatic heterocycles. The minimum absolute atomic E-state index is 0.189. The second-order valence-corrected chi connectivity index (χ2v) is 7.67. The number of anilines is 1. The number of carbonyl (C=O) groups excluding carboxylic acids is 1. The third-order valence-electron chi connectivity index (χ3n) is 4.74. The van der Waals surface area contributed by atoms with E-state index in [1.807, 2.05) is 25.7 Å². The van der Waals surface area contributed by atoms with Crippen molar-refractivity contribution in [3.05, 3.63) is 22.8 Å². The van der Waals surface area contributed by atoms with E-state index in [-0.39, 0.29) is 6.09 Å². The van der Waals surface area contributed by atoms with Gasteiger partial charge >= 0.3 is 6.09 Å². The average molecular weight is 314 g/mol. The monoisotopic (exact) mass is 314 g/mol. The molecule has 2 heterocycles. The quantitative estimate of drug-likeness (QED) is 0.740. The summed E-state index contributed by atoms with van der Waals surface area (Å²) in [5, 5.41) is 3.56. The first kappa shape index (κ1) is 16.2. The van der Waals surface area contributed by atoms with Gasteiger partial charge in [0.2, 0.25) is 0 Å². The predicted octanol–water partition coefficient (Wildman–Crippen LogP) is 1.64. The molecule has 0 spiro atoms. The molecule has 0 aromatic heterocycles. The van der Waals surface area contributed by atoms with Crippen molar-refractivity contribution in [1.82, 2.24) is 4.90 Å². The van der Waals surface area contributed by atoms with Gasteiger partial charge in [0.25, 0.3) is 0 Å². The SMILES string of the molecule is Bc1c2c(cc3c1NCCC3)CCN(C(=O)OC(C)(C)C)CC2. The van der Waals surface area contributed by atoms with Gasteiger partial charge in [-0.2, -0.15) is 0 Å². The van der Waals surface area contributed by atoms with Gasteiger partial charge < -0.3 is 15.0 Å². The van der Waals surface area contributed by atoms with Crippen LogP contribution in [-0.4, -0.2) is 44.1 Å². The van der Waals surface area contributed by atoms with E-state index in [0.717, 1.165) is 38.9 Å². The number of rotatable bonds is 0. The van der Waals surface area contributed by atoms with E-state index in [9.17, 15) is 4.79 Å². The average Bonchev–Trinajstić information content (AvgIpc) is 2.68. The number of carbonyl (C=O) groups is 1. The standard InChI is InChI=1S/C18H27BN2O2/c1-18(2,3)23-17(22)21-9-6-12-11-13-5-4-8-20-16(13)15(19)14(12)7-10-21/h11,20H,4-10,19H2,1-3H3. The number of fused-ring (bicyclic) bond motifs is 2. The van der Waals surface area contributed by atoms with Crippen LogP contribution in [0.5, 0.6) is 0 Å². The predicted molar refractivity (Wildman–Crippen MR) is 96.6 cm³/mol. The van der Waals surface area contributed by atoms with E-state index in [1.54, 1.807) is 0 Å². The molecule has 23 heavy (non-hydrogen) atoms. The van der Waals surface area contributed by atoms with Gasteiger partial charge in [0.1, 0.15) is 13.4 Å². The summed E-state index contributed by atoms with van der Waals surface area (Å²) in [6.45, 7) is 8.30. The molecule has 0 unspecified atom stereocenters. The van der Waals surface area contributed by atoms with Gasteiger partial charge in [0.05, 0.1) is 0 Å². The van der Waals surface area contributed by atoms with Crippen molar-refractivity contribution < 1.29 is 9.53 Å². The van der Waals surface area contributed by atoms with Gasteiger partial charge in [-0.05, 0) is 63.1 Å². The van der Waals surface area contributed by atoms with Crippen LogP contribution in [0.4, 0.5) is 10.5 Å². The highest BCUT2D eigenvalue weighted by atomic mass is 16.6. The zero-order chi connectivity index (χ0) is 16.6. The lowest BCUT2D eigenvalue weighted by Crippen LogP contribution is -2.38. The zero-order valence-electron chi connectivity index (χ0n) is 14.8. The van der Waals surface area contributed by atoms with Crippen LogP contribution in [0.2, 0.25) is 0 Å². The summed E-state index contributed by atoms with van der Waals surface area (Å²) < 4.78 is 5.54. The van der Waals surface area contributed by atoms with E-state index in [4.69, 9.17) is 4.74 Å². The van der Waals surface area contributed by atoms with E-state index in [2.05, 4.69) is 19.2 Å². The van der Waals surface area contributed by atoms with E-state index >= 15 is 0 Å². The van der Waals surface area contributed by atoms with E-state index in [0.29, 0.717) is 0 Å². The molecular weight excluding hydrogens is 287 g/mol. The Morgan fingerprint density at radius 2 is 1.96 bits per heavy atom. The molecule has 4 nitrogen and oxygen atoms in total. The Morgan fingerprint density at radius 1 is 1.22 bits per heavy atom. The Balaban J connectivity index is 1.80. The zero-order valence-corrected chi connectivity index (χ0v) is 14.8. The highest BCUT2D eigenvalue weighted by molar-refractivity contribution is 6.37. The minimum atomic E-state index is -0.435. The van der Waals surface area contributed by atoms with Crippen molar-refractivity contribution >= 4 is 25.1 Å². The summed E-state index contributed by atoms with van der Waals surface area (Å²) in [7, 11) is 2.22. The largest absolute Gasteiger partial charge is 0.444 e. The number of amides is 1. The lowest BCUT2D eigenvalue weighted by Gasteiger charge is -2.26. The first-order valence-corrected chi connectivity index (χ1v) is 8.71. The van der Waals surface area contributed by atoms with Crippen molar-refractivity contribution in [2.45, 2.75) is 52.1 Å². The molecule has 0 saturated carbocycles. The van der Waals surface area contributed by atoms with E-state index < -0.39 is 5.60 Å². The summed E-state index contributed by atoms with van der Waals surface area (Å²) in [4.78, 5) is 14.2. The number of ether oxygens (including phenoxy) is 1. The molecule has 2 aliphatic rings. The summed E-state index contributed by atoms with van der Waals surface area (Å²) in [6.07, 6.45) is 4.00.